The van der Waals surface area contributed by atoms with Crippen LogP contribution in [0.25, 0.3) is 11.5 Å². The molecule has 0 spiro atoms. The van der Waals surface area contributed by atoms with Gasteiger partial charge in [0.15, 0.2) is 0 Å². The minimum Gasteiger partial charge on any atom is -0.419 e. The standard InChI is InChI=1S/C12H14ClN3O/c1-3-14-7-10-15-16-12(17-10)9-6-4-5-8(2)11(9)13/h4-6,14H,3,7H2,1-2H3. The van der Waals surface area contributed by atoms with Crippen LogP contribution in [-0.4, -0.2) is 16.7 Å². The van der Waals surface area contributed by atoms with Crippen LogP contribution in [0.5, 0.6) is 0 Å². The van der Waals surface area contributed by atoms with Gasteiger partial charge < -0.3 is 9.73 Å². The Labute approximate surface area is 105 Å². The van der Waals surface area contributed by atoms with Gasteiger partial charge in [-0.3, -0.25) is 0 Å². The van der Waals surface area contributed by atoms with Crippen LogP contribution in [0.4, 0.5) is 0 Å². The molecule has 90 valence electrons. The normalized spacial score (nSPS) is 10.8. The molecular weight excluding hydrogens is 238 g/mol. The summed E-state index contributed by atoms with van der Waals surface area (Å²) in [6.45, 7) is 5.41. The predicted molar refractivity (Wildman–Crippen MR) is 66.9 cm³/mol. The van der Waals surface area contributed by atoms with Crippen molar-refractivity contribution in [2.24, 2.45) is 0 Å². The Kier molecular flexibility index (Phi) is 3.76. The number of benzene rings is 1. The highest BCUT2D eigenvalue weighted by Crippen LogP contribution is 2.29. The molecule has 2 aromatic rings. The van der Waals surface area contributed by atoms with Crippen molar-refractivity contribution in [2.45, 2.75) is 20.4 Å². The molecule has 0 aliphatic rings. The highest BCUT2D eigenvalue weighted by atomic mass is 35.5. The van der Waals surface area contributed by atoms with Crippen molar-refractivity contribution >= 4 is 11.6 Å². The van der Waals surface area contributed by atoms with Crippen molar-refractivity contribution in [2.75, 3.05) is 6.54 Å². The van der Waals surface area contributed by atoms with Gasteiger partial charge in [0, 0.05) is 0 Å². The molecule has 0 saturated carbocycles. The summed E-state index contributed by atoms with van der Waals surface area (Å²) < 4.78 is 5.54. The summed E-state index contributed by atoms with van der Waals surface area (Å²) in [7, 11) is 0. The van der Waals surface area contributed by atoms with Crippen molar-refractivity contribution < 1.29 is 4.42 Å². The Morgan fingerprint density at radius 2 is 2.18 bits per heavy atom. The fourth-order valence-electron chi connectivity index (χ4n) is 1.48. The maximum Gasteiger partial charge on any atom is 0.249 e. The van der Waals surface area contributed by atoms with Crippen LogP contribution in [0.3, 0.4) is 0 Å². The van der Waals surface area contributed by atoms with Crippen LogP contribution in [0.1, 0.15) is 18.4 Å². The van der Waals surface area contributed by atoms with E-state index in [4.69, 9.17) is 16.0 Å². The molecule has 2 rings (SSSR count). The van der Waals surface area contributed by atoms with Crippen LogP contribution >= 0.6 is 11.6 Å². The van der Waals surface area contributed by atoms with Gasteiger partial charge in [-0.2, -0.15) is 0 Å². The number of hydrogen-bond donors (Lipinski definition) is 1. The van der Waals surface area contributed by atoms with Gasteiger partial charge in [-0.1, -0.05) is 30.7 Å². The lowest BCUT2D eigenvalue weighted by atomic mass is 10.1. The second kappa shape index (κ2) is 5.29. The molecule has 0 saturated heterocycles. The van der Waals surface area contributed by atoms with Crippen molar-refractivity contribution in [3.63, 3.8) is 0 Å². The number of aryl methyl sites for hydroxylation is 1. The smallest absolute Gasteiger partial charge is 0.249 e. The quantitative estimate of drug-likeness (QED) is 0.908. The second-order valence-electron chi connectivity index (χ2n) is 3.72. The molecule has 1 heterocycles. The molecule has 0 bridgehead atoms. The number of halogens is 1. The van der Waals surface area contributed by atoms with Gasteiger partial charge in [0.05, 0.1) is 17.1 Å². The van der Waals surface area contributed by atoms with Crippen molar-refractivity contribution in [1.82, 2.24) is 15.5 Å². The van der Waals surface area contributed by atoms with Gasteiger partial charge in [0.25, 0.3) is 0 Å². The summed E-state index contributed by atoms with van der Waals surface area (Å²) in [5.41, 5.74) is 1.78. The summed E-state index contributed by atoms with van der Waals surface area (Å²) in [6, 6.07) is 5.74. The van der Waals surface area contributed by atoms with Gasteiger partial charge in [-0.15, -0.1) is 10.2 Å². The van der Waals surface area contributed by atoms with Crippen LogP contribution in [-0.2, 0) is 6.54 Å². The van der Waals surface area contributed by atoms with Gasteiger partial charge in [-0.05, 0) is 25.1 Å². The average Bonchev–Trinajstić information content (AvgIpc) is 2.78. The molecule has 0 atom stereocenters. The Morgan fingerprint density at radius 1 is 1.35 bits per heavy atom. The lowest BCUT2D eigenvalue weighted by Crippen LogP contribution is -2.11. The molecule has 4 nitrogen and oxygen atoms in total. The number of nitrogens with zero attached hydrogens (tertiary/aromatic N) is 2. The molecule has 17 heavy (non-hydrogen) atoms. The summed E-state index contributed by atoms with van der Waals surface area (Å²) >= 11 is 6.20. The van der Waals surface area contributed by atoms with Gasteiger partial charge >= 0.3 is 0 Å². The molecule has 5 heteroatoms. The van der Waals surface area contributed by atoms with E-state index in [9.17, 15) is 0 Å². The zero-order valence-electron chi connectivity index (χ0n) is 9.83. The van der Waals surface area contributed by atoms with E-state index in [-0.39, 0.29) is 0 Å². The summed E-state index contributed by atoms with van der Waals surface area (Å²) in [5.74, 6) is 1.03. The zero-order chi connectivity index (χ0) is 12.3. The van der Waals surface area contributed by atoms with Crippen LogP contribution in [0.15, 0.2) is 22.6 Å². The lowest BCUT2D eigenvalue weighted by molar-refractivity contribution is 0.482. The van der Waals surface area contributed by atoms with Crippen LogP contribution in [0, 0.1) is 6.92 Å². The molecular formula is C12H14ClN3O. The highest BCUT2D eigenvalue weighted by molar-refractivity contribution is 6.33. The van der Waals surface area contributed by atoms with Crippen LogP contribution in [0.2, 0.25) is 5.02 Å². The third-order valence-electron chi connectivity index (χ3n) is 2.42. The largest absolute Gasteiger partial charge is 0.419 e. The van der Waals surface area contributed by atoms with Crippen LogP contribution < -0.4 is 5.32 Å². The maximum absolute atomic E-state index is 6.20. The molecule has 0 aliphatic carbocycles. The van der Waals surface area contributed by atoms with Gasteiger partial charge in [0.2, 0.25) is 11.8 Å². The van der Waals surface area contributed by atoms with E-state index in [2.05, 4.69) is 15.5 Å². The summed E-state index contributed by atoms with van der Waals surface area (Å²) in [4.78, 5) is 0. The lowest BCUT2D eigenvalue weighted by Gasteiger charge is -2.01. The average molecular weight is 252 g/mol. The molecule has 1 aromatic carbocycles. The molecule has 0 radical (unpaired) electrons. The van der Waals surface area contributed by atoms with Crippen molar-refractivity contribution in [3.05, 3.63) is 34.7 Å². The Balaban J connectivity index is 2.27. The maximum atomic E-state index is 6.20. The number of hydrogen-bond acceptors (Lipinski definition) is 4. The van der Waals surface area contributed by atoms with Gasteiger partial charge in [0.1, 0.15) is 0 Å². The monoisotopic (exact) mass is 251 g/mol. The number of nitrogens with one attached hydrogen (secondary N) is 1. The Morgan fingerprint density at radius 3 is 2.94 bits per heavy atom. The second-order valence-corrected chi connectivity index (χ2v) is 4.10. The Bertz CT molecular complexity index is 510. The summed E-state index contributed by atoms with van der Waals surface area (Å²) in [6.07, 6.45) is 0. The number of aromatic nitrogens is 2. The number of rotatable bonds is 4. The fraction of sp³-hybridized carbons (Fsp3) is 0.333. The van der Waals surface area contributed by atoms with Gasteiger partial charge in [-0.25, -0.2) is 0 Å². The molecule has 0 unspecified atom stereocenters. The first-order chi connectivity index (χ1) is 8.22. The van der Waals surface area contributed by atoms with E-state index in [0.717, 1.165) is 17.7 Å². The van der Waals surface area contributed by atoms with Crippen molar-refractivity contribution in [1.29, 1.82) is 0 Å². The summed E-state index contributed by atoms with van der Waals surface area (Å²) in [5, 5.41) is 11.7. The minimum atomic E-state index is 0.464. The van der Waals surface area contributed by atoms with E-state index < -0.39 is 0 Å². The topological polar surface area (TPSA) is 51.0 Å². The first-order valence-corrected chi connectivity index (χ1v) is 5.88. The first kappa shape index (κ1) is 12.1. The van der Waals surface area contributed by atoms with E-state index in [1.54, 1.807) is 0 Å². The first-order valence-electron chi connectivity index (χ1n) is 5.51. The Hall–Kier alpha value is -1.39. The van der Waals surface area contributed by atoms with E-state index in [0.29, 0.717) is 23.3 Å². The third-order valence-corrected chi connectivity index (χ3v) is 2.92. The highest BCUT2D eigenvalue weighted by Gasteiger charge is 2.12. The zero-order valence-corrected chi connectivity index (χ0v) is 10.6. The van der Waals surface area contributed by atoms with Crippen molar-refractivity contribution in [3.8, 4) is 11.5 Å². The minimum absolute atomic E-state index is 0.464. The van der Waals surface area contributed by atoms with E-state index in [1.807, 2.05) is 32.0 Å². The fourth-order valence-corrected chi connectivity index (χ4v) is 1.69. The molecule has 1 N–H and O–H groups in total. The molecule has 0 amide bonds. The molecule has 0 fully saturated rings. The third kappa shape index (κ3) is 2.65. The SMILES string of the molecule is CCNCc1nnc(-c2cccc(C)c2Cl)o1. The molecule has 1 aromatic heterocycles. The van der Waals surface area contributed by atoms with E-state index in [1.165, 1.54) is 0 Å². The molecule has 0 aliphatic heterocycles. The predicted octanol–water partition coefficient (Wildman–Crippen LogP) is 2.81. The van der Waals surface area contributed by atoms with E-state index >= 15 is 0 Å².